The summed E-state index contributed by atoms with van der Waals surface area (Å²) >= 11 is 0. The molecular weight excluding hydrogens is 260 g/mol. The highest BCUT2D eigenvalue weighted by Crippen LogP contribution is 2.36. The van der Waals surface area contributed by atoms with Gasteiger partial charge in [0.2, 0.25) is 0 Å². The molecule has 1 amide bonds. The summed E-state index contributed by atoms with van der Waals surface area (Å²) in [7, 11) is 0. The molecule has 0 aromatic heterocycles. The Hall–Kier alpha value is -1.45. The molecule has 1 saturated heterocycles. The van der Waals surface area contributed by atoms with Crippen molar-refractivity contribution in [1.82, 2.24) is 4.90 Å². The largest absolute Gasteiger partial charge is 0.335 e. The Bertz CT molecular complexity index is 515. The Morgan fingerprint density at radius 3 is 2.70 bits per heavy atom. The van der Waals surface area contributed by atoms with Gasteiger partial charge in [-0.05, 0) is 43.7 Å². The van der Waals surface area contributed by atoms with Crippen molar-refractivity contribution in [2.24, 2.45) is 5.92 Å². The first-order valence-corrected chi connectivity index (χ1v) is 7.43. The molecule has 0 unspecified atom stereocenters. The molecule has 108 valence electrons. The zero-order valence-electron chi connectivity index (χ0n) is 11.4. The number of carbonyl (C=O) groups is 1. The second-order valence-corrected chi connectivity index (χ2v) is 5.85. The third kappa shape index (κ3) is 2.32. The monoisotopic (exact) mass is 279 g/mol. The molecule has 1 aliphatic carbocycles. The van der Waals surface area contributed by atoms with E-state index in [1.54, 1.807) is 4.90 Å². The quantitative estimate of drug-likeness (QED) is 0.766. The maximum Gasteiger partial charge on any atom is 0.257 e. The molecule has 1 heterocycles. The van der Waals surface area contributed by atoms with Crippen LogP contribution in [0.2, 0.25) is 0 Å². The van der Waals surface area contributed by atoms with Crippen molar-refractivity contribution in [3.8, 4) is 0 Å². The van der Waals surface area contributed by atoms with Crippen molar-refractivity contribution in [1.29, 1.82) is 0 Å². The van der Waals surface area contributed by atoms with Gasteiger partial charge in [-0.1, -0.05) is 18.9 Å². The molecule has 2 nitrogen and oxygen atoms in total. The average molecular weight is 279 g/mol. The van der Waals surface area contributed by atoms with Crippen LogP contribution in [0.1, 0.15) is 48.9 Å². The van der Waals surface area contributed by atoms with Crippen LogP contribution in [0, 0.1) is 17.6 Å². The summed E-state index contributed by atoms with van der Waals surface area (Å²) < 4.78 is 27.1. The fourth-order valence-electron chi connectivity index (χ4n) is 3.70. The number of rotatable bonds is 1. The summed E-state index contributed by atoms with van der Waals surface area (Å²) in [5.41, 5.74) is -0.128. The summed E-state index contributed by atoms with van der Waals surface area (Å²) in [6.07, 6.45) is 6.60. The van der Waals surface area contributed by atoms with Crippen molar-refractivity contribution in [3.05, 3.63) is 35.4 Å². The lowest BCUT2D eigenvalue weighted by Crippen LogP contribution is -2.49. The Kier molecular flexibility index (Phi) is 3.72. The summed E-state index contributed by atoms with van der Waals surface area (Å²) in [5, 5.41) is 0. The van der Waals surface area contributed by atoms with Gasteiger partial charge in [-0.25, -0.2) is 8.78 Å². The van der Waals surface area contributed by atoms with Gasteiger partial charge < -0.3 is 4.90 Å². The molecule has 3 rings (SSSR count). The van der Waals surface area contributed by atoms with Crippen molar-refractivity contribution in [2.45, 2.75) is 44.6 Å². The Morgan fingerprint density at radius 1 is 1.10 bits per heavy atom. The molecule has 1 aromatic rings. The third-order valence-electron chi connectivity index (χ3n) is 4.69. The molecule has 0 spiro atoms. The fraction of sp³-hybridized carbons (Fsp3) is 0.562. The number of fused-ring (bicyclic) bond motifs is 1. The fourth-order valence-corrected chi connectivity index (χ4v) is 3.70. The van der Waals surface area contributed by atoms with Gasteiger partial charge >= 0.3 is 0 Å². The topological polar surface area (TPSA) is 20.3 Å². The van der Waals surface area contributed by atoms with Crippen molar-refractivity contribution >= 4 is 5.91 Å². The van der Waals surface area contributed by atoms with Crippen LogP contribution in [0.3, 0.4) is 0 Å². The summed E-state index contributed by atoms with van der Waals surface area (Å²) in [4.78, 5) is 14.3. The van der Waals surface area contributed by atoms with Crippen LogP contribution in [0.5, 0.6) is 0 Å². The molecule has 1 saturated carbocycles. The highest BCUT2D eigenvalue weighted by Gasteiger charge is 2.36. The number of hydrogen-bond acceptors (Lipinski definition) is 1. The number of nitrogens with zero attached hydrogens (tertiary/aromatic N) is 1. The van der Waals surface area contributed by atoms with E-state index in [1.807, 2.05) is 0 Å². The predicted molar refractivity (Wildman–Crippen MR) is 72.4 cm³/mol. The van der Waals surface area contributed by atoms with E-state index in [0.717, 1.165) is 38.2 Å². The zero-order chi connectivity index (χ0) is 14.1. The van der Waals surface area contributed by atoms with Gasteiger partial charge in [0.15, 0.2) is 11.6 Å². The Balaban J connectivity index is 1.87. The molecule has 2 fully saturated rings. The number of hydrogen-bond donors (Lipinski definition) is 0. The van der Waals surface area contributed by atoms with Gasteiger partial charge in [-0.2, -0.15) is 0 Å². The van der Waals surface area contributed by atoms with Gasteiger partial charge in [0.25, 0.3) is 5.91 Å². The van der Waals surface area contributed by atoms with E-state index in [9.17, 15) is 13.6 Å². The highest BCUT2D eigenvalue weighted by molar-refractivity contribution is 5.94. The maximum absolute atomic E-state index is 13.8. The number of likely N-dealkylation sites (tertiary alicyclic amines) is 1. The minimum Gasteiger partial charge on any atom is -0.335 e. The van der Waals surface area contributed by atoms with Crippen molar-refractivity contribution in [3.63, 3.8) is 0 Å². The normalized spacial score (nSPS) is 26.2. The molecule has 2 aliphatic rings. The summed E-state index contributed by atoms with van der Waals surface area (Å²) in [6.45, 7) is 0.663. The molecular formula is C16H19F2NO. The van der Waals surface area contributed by atoms with Gasteiger partial charge in [0.05, 0.1) is 5.56 Å². The lowest BCUT2D eigenvalue weighted by Gasteiger charge is -2.44. The molecule has 20 heavy (non-hydrogen) atoms. The third-order valence-corrected chi connectivity index (χ3v) is 4.69. The van der Waals surface area contributed by atoms with Crippen LogP contribution in [0.4, 0.5) is 8.78 Å². The number of amides is 1. The van der Waals surface area contributed by atoms with E-state index in [4.69, 9.17) is 0 Å². The van der Waals surface area contributed by atoms with Crippen LogP contribution in [-0.4, -0.2) is 23.4 Å². The lowest BCUT2D eigenvalue weighted by molar-refractivity contribution is 0.0385. The van der Waals surface area contributed by atoms with Crippen LogP contribution < -0.4 is 0 Å². The first-order chi connectivity index (χ1) is 9.68. The second kappa shape index (κ2) is 5.51. The minimum atomic E-state index is -1.02. The molecule has 1 aromatic carbocycles. The SMILES string of the molecule is O=C(c1cccc(F)c1F)N1CCC[C@H]2CCCC[C@H]21. The average Bonchev–Trinajstić information content (AvgIpc) is 2.49. The molecule has 4 heteroatoms. The predicted octanol–water partition coefficient (Wildman–Crippen LogP) is 3.76. The number of carbonyl (C=O) groups excluding carboxylic acids is 1. The molecule has 2 atom stereocenters. The van der Waals surface area contributed by atoms with Gasteiger partial charge in [-0.3, -0.25) is 4.79 Å². The van der Waals surface area contributed by atoms with Crippen molar-refractivity contribution in [2.75, 3.05) is 6.54 Å². The molecule has 0 radical (unpaired) electrons. The van der Waals surface area contributed by atoms with Gasteiger partial charge in [0.1, 0.15) is 0 Å². The second-order valence-electron chi connectivity index (χ2n) is 5.85. The van der Waals surface area contributed by atoms with Crippen LogP contribution in [0.25, 0.3) is 0 Å². The summed E-state index contributed by atoms with van der Waals surface area (Å²) in [5.74, 6) is -1.78. The van der Waals surface area contributed by atoms with Crippen LogP contribution >= 0.6 is 0 Å². The van der Waals surface area contributed by atoms with E-state index in [2.05, 4.69) is 0 Å². The summed E-state index contributed by atoms with van der Waals surface area (Å²) in [6, 6.07) is 4.04. The smallest absolute Gasteiger partial charge is 0.257 e. The van der Waals surface area contributed by atoms with E-state index >= 15 is 0 Å². The van der Waals surface area contributed by atoms with Gasteiger partial charge in [-0.15, -0.1) is 0 Å². The lowest BCUT2D eigenvalue weighted by atomic mass is 9.78. The van der Waals surface area contributed by atoms with E-state index in [1.165, 1.54) is 18.6 Å². The minimum absolute atomic E-state index is 0.128. The van der Waals surface area contributed by atoms with E-state index in [-0.39, 0.29) is 17.5 Å². The first kappa shape index (κ1) is 13.5. The standard InChI is InChI=1S/C16H19F2NO/c17-13-8-3-7-12(15(13)18)16(20)19-10-4-6-11-5-1-2-9-14(11)19/h3,7-8,11,14H,1-2,4-6,9-10H2/t11-,14-/m1/s1. The highest BCUT2D eigenvalue weighted by atomic mass is 19.2. The molecule has 0 N–H and O–H groups in total. The van der Waals surface area contributed by atoms with Crippen molar-refractivity contribution < 1.29 is 13.6 Å². The number of piperidine rings is 1. The number of benzene rings is 1. The molecule has 1 aliphatic heterocycles. The van der Waals surface area contributed by atoms with Crippen LogP contribution in [-0.2, 0) is 0 Å². The number of halogens is 2. The Morgan fingerprint density at radius 2 is 1.85 bits per heavy atom. The maximum atomic E-state index is 13.8. The zero-order valence-corrected chi connectivity index (χ0v) is 11.4. The van der Waals surface area contributed by atoms with E-state index < -0.39 is 11.6 Å². The molecule has 0 bridgehead atoms. The van der Waals surface area contributed by atoms with Crippen LogP contribution in [0.15, 0.2) is 18.2 Å². The first-order valence-electron chi connectivity index (χ1n) is 7.43. The van der Waals surface area contributed by atoms with E-state index in [0.29, 0.717) is 12.5 Å². The van der Waals surface area contributed by atoms with Gasteiger partial charge in [0, 0.05) is 12.6 Å². The Labute approximate surface area is 117 Å².